The van der Waals surface area contributed by atoms with Crippen LogP contribution in [0.15, 0.2) is 60.7 Å². The molecule has 1 aliphatic rings. The van der Waals surface area contributed by atoms with Gasteiger partial charge in [-0.15, -0.1) is 0 Å². The van der Waals surface area contributed by atoms with Gasteiger partial charge in [0.25, 0.3) is 11.8 Å². The van der Waals surface area contributed by atoms with Crippen molar-refractivity contribution in [2.45, 2.75) is 6.54 Å². The van der Waals surface area contributed by atoms with Crippen molar-refractivity contribution < 1.29 is 19.1 Å². The predicted molar refractivity (Wildman–Crippen MR) is 115 cm³/mol. The van der Waals surface area contributed by atoms with Crippen LogP contribution in [0.25, 0.3) is 11.1 Å². The summed E-state index contributed by atoms with van der Waals surface area (Å²) in [4.78, 5) is 26.6. The Balaban J connectivity index is 1.59. The van der Waals surface area contributed by atoms with Gasteiger partial charge in [-0.1, -0.05) is 18.2 Å². The van der Waals surface area contributed by atoms with Crippen LogP contribution < -0.4 is 14.8 Å². The molecular formula is C24H22N2O4. The topological polar surface area (TPSA) is 67.9 Å². The van der Waals surface area contributed by atoms with Crippen molar-refractivity contribution in [3.8, 4) is 22.6 Å². The first-order chi connectivity index (χ1) is 14.5. The van der Waals surface area contributed by atoms with E-state index in [-0.39, 0.29) is 11.8 Å². The Morgan fingerprint density at radius 3 is 2.53 bits per heavy atom. The average molecular weight is 402 g/mol. The van der Waals surface area contributed by atoms with Gasteiger partial charge in [-0.2, -0.15) is 0 Å². The SMILES string of the molecule is COc1ccc(NC(=O)c2cccc(-c3ccc4c(c3)CN(C)C4=O)c2)c(OC)c1. The molecule has 3 aromatic carbocycles. The zero-order valence-electron chi connectivity index (χ0n) is 17.1. The van der Waals surface area contributed by atoms with Crippen molar-refractivity contribution >= 4 is 17.5 Å². The number of amides is 2. The molecule has 30 heavy (non-hydrogen) atoms. The third-order valence-electron chi connectivity index (χ3n) is 5.20. The lowest BCUT2D eigenvalue weighted by atomic mass is 9.99. The van der Waals surface area contributed by atoms with Gasteiger partial charge in [0.05, 0.1) is 19.9 Å². The Hall–Kier alpha value is -3.80. The summed E-state index contributed by atoms with van der Waals surface area (Å²) in [5.41, 5.74) is 4.70. The van der Waals surface area contributed by atoms with Gasteiger partial charge in [0.1, 0.15) is 11.5 Å². The largest absolute Gasteiger partial charge is 0.497 e. The number of benzene rings is 3. The van der Waals surface area contributed by atoms with Gasteiger partial charge >= 0.3 is 0 Å². The molecule has 0 spiro atoms. The second kappa shape index (κ2) is 7.91. The number of hydrogen-bond acceptors (Lipinski definition) is 4. The zero-order chi connectivity index (χ0) is 21.3. The van der Waals surface area contributed by atoms with E-state index in [0.29, 0.717) is 29.3 Å². The lowest BCUT2D eigenvalue weighted by molar-refractivity contribution is 0.0816. The van der Waals surface area contributed by atoms with Crippen LogP contribution >= 0.6 is 0 Å². The molecule has 0 aliphatic carbocycles. The van der Waals surface area contributed by atoms with Gasteiger partial charge < -0.3 is 19.7 Å². The Morgan fingerprint density at radius 2 is 1.77 bits per heavy atom. The molecule has 0 unspecified atom stereocenters. The summed E-state index contributed by atoms with van der Waals surface area (Å²) in [5.74, 6) is 0.966. The highest BCUT2D eigenvalue weighted by molar-refractivity contribution is 6.06. The van der Waals surface area contributed by atoms with Crippen LogP contribution in [0.3, 0.4) is 0 Å². The van der Waals surface area contributed by atoms with E-state index in [2.05, 4.69) is 5.32 Å². The molecule has 6 heteroatoms. The van der Waals surface area contributed by atoms with Crippen LogP contribution in [-0.2, 0) is 6.54 Å². The zero-order valence-corrected chi connectivity index (χ0v) is 17.1. The van der Waals surface area contributed by atoms with Crippen LogP contribution in [0.4, 0.5) is 5.69 Å². The van der Waals surface area contributed by atoms with Crippen LogP contribution in [-0.4, -0.2) is 38.0 Å². The molecule has 3 aromatic rings. The summed E-state index contributed by atoms with van der Waals surface area (Å²) in [6.07, 6.45) is 0. The van der Waals surface area contributed by atoms with E-state index in [4.69, 9.17) is 9.47 Å². The summed E-state index contributed by atoms with van der Waals surface area (Å²) in [7, 11) is 4.91. The van der Waals surface area contributed by atoms with E-state index in [1.54, 1.807) is 50.4 Å². The summed E-state index contributed by atoms with van der Waals surface area (Å²) in [6.45, 7) is 0.597. The van der Waals surface area contributed by atoms with E-state index in [1.165, 1.54) is 0 Å². The third kappa shape index (κ3) is 3.59. The minimum absolute atomic E-state index is 0.0399. The van der Waals surface area contributed by atoms with Gasteiger partial charge in [-0.25, -0.2) is 0 Å². The summed E-state index contributed by atoms with van der Waals surface area (Å²) < 4.78 is 10.5. The molecule has 1 N–H and O–H groups in total. The normalized spacial score (nSPS) is 12.5. The monoisotopic (exact) mass is 402 g/mol. The van der Waals surface area contributed by atoms with E-state index in [9.17, 15) is 9.59 Å². The van der Waals surface area contributed by atoms with Crippen molar-refractivity contribution in [2.24, 2.45) is 0 Å². The molecule has 4 rings (SSSR count). The number of anilines is 1. The first kappa shape index (κ1) is 19.5. The highest BCUT2D eigenvalue weighted by Crippen LogP contribution is 2.31. The highest BCUT2D eigenvalue weighted by Gasteiger charge is 2.24. The number of methoxy groups -OCH3 is 2. The van der Waals surface area contributed by atoms with Gasteiger partial charge in [-0.05, 0) is 53.1 Å². The molecule has 0 saturated carbocycles. The van der Waals surface area contributed by atoms with Crippen LogP contribution in [0.2, 0.25) is 0 Å². The van der Waals surface area contributed by atoms with Crippen molar-refractivity contribution in [1.29, 1.82) is 0 Å². The predicted octanol–water partition coefficient (Wildman–Crippen LogP) is 4.21. The Kier molecular flexibility index (Phi) is 5.14. The van der Waals surface area contributed by atoms with Gasteiger partial charge in [0.15, 0.2) is 0 Å². The summed E-state index contributed by atoms with van der Waals surface area (Å²) in [6, 6.07) is 18.4. The Morgan fingerprint density at radius 1 is 0.967 bits per heavy atom. The highest BCUT2D eigenvalue weighted by atomic mass is 16.5. The standard InChI is InChI=1S/C24H22N2O4/c1-26-14-18-12-16(7-9-20(18)24(26)28)15-5-4-6-17(11-15)23(27)25-21-10-8-19(29-2)13-22(21)30-3/h4-13H,14H2,1-3H3,(H,25,27). The quantitative estimate of drug-likeness (QED) is 0.694. The molecule has 1 aliphatic heterocycles. The molecule has 0 bridgehead atoms. The molecule has 0 radical (unpaired) electrons. The fourth-order valence-electron chi connectivity index (χ4n) is 3.58. The first-order valence-corrected chi connectivity index (χ1v) is 9.52. The van der Waals surface area contributed by atoms with E-state index >= 15 is 0 Å². The number of carbonyl (C=O) groups is 2. The number of fused-ring (bicyclic) bond motifs is 1. The maximum Gasteiger partial charge on any atom is 0.255 e. The number of carbonyl (C=O) groups excluding carboxylic acids is 2. The third-order valence-corrected chi connectivity index (χ3v) is 5.20. The minimum atomic E-state index is -0.239. The van der Waals surface area contributed by atoms with E-state index < -0.39 is 0 Å². The molecule has 6 nitrogen and oxygen atoms in total. The number of nitrogens with one attached hydrogen (secondary N) is 1. The number of ether oxygens (including phenoxy) is 2. The number of hydrogen-bond donors (Lipinski definition) is 1. The van der Waals surface area contributed by atoms with Crippen molar-refractivity contribution in [2.75, 3.05) is 26.6 Å². The fourth-order valence-corrected chi connectivity index (χ4v) is 3.58. The van der Waals surface area contributed by atoms with Gasteiger partial charge in [0.2, 0.25) is 0 Å². The lowest BCUT2D eigenvalue weighted by Crippen LogP contribution is -2.17. The van der Waals surface area contributed by atoms with Gasteiger partial charge in [-0.3, -0.25) is 9.59 Å². The molecular weight excluding hydrogens is 380 g/mol. The van der Waals surface area contributed by atoms with Crippen LogP contribution in [0.5, 0.6) is 11.5 Å². The summed E-state index contributed by atoms with van der Waals surface area (Å²) >= 11 is 0. The minimum Gasteiger partial charge on any atom is -0.497 e. The second-order valence-corrected chi connectivity index (χ2v) is 7.13. The molecule has 152 valence electrons. The number of rotatable bonds is 5. The first-order valence-electron chi connectivity index (χ1n) is 9.52. The fraction of sp³-hybridized carbons (Fsp3) is 0.167. The van der Waals surface area contributed by atoms with Crippen molar-refractivity contribution in [3.05, 3.63) is 77.4 Å². The second-order valence-electron chi connectivity index (χ2n) is 7.13. The van der Waals surface area contributed by atoms with Crippen molar-refractivity contribution in [3.63, 3.8) is 0 Å². The molecule has 0 saturated heterocycles. The van der Waals surface area contributed by atoms with Crippen LogP contribution in [0, 0.1) is 0 Å². The molecule has 0 aromatic heterocycles. The Bertz CT molecular complexity index is 1140. The lowest BCUT2D eigenvalue weighted by Gasteiger charge is -2.12. The maximum atomic E-state index is 12.8. The van der Waals surface area contributed by atoms with E-state index in [0.717, 1.165) is 22.3 Å². The Labute approximate surface area is 175 Å². The van der Waals surface area contributed by atoms with Crippen LogP contribution in [0.1, 0.15) is 26.3 Å². The number of nitrogens with zero attached hydrogens (tertiary/aromatic N) is 1. The molecule has 1 heterocycles. The molecule has 2 amide bonds. The molecule has 0 atom stereocenters. The van der Waals surface area contributed by atoms with Gasteiger partial charge in [0, 0.05) is 30.8 Å². The average Bonchev–Trinajstić information content (AvgIpc) is 3.07. The van der Waals surface area contributed by atoms with E-state index in [1.807, 2.05) is 36.4 Å². The smallest absolute Gasteiger partial charge is 0.255 e. The molecule has 0 fully saturated rings. The maximum absolute atomic E-state index is 12.8. The van der Waals surface area contributed by atoms with Crippen molar-refractivity contribution in [1.82, 2.24) is 4.90 Å². The summed E-state index contributed by atoms with van der Waals surface area (Å²) in [5, 5.41) is 2.89.